The number of carbonyl (C=O) groups excluding carboxylic acids is 1. The second kappa shape index (κ2) is 4.80. The highest BCUT2D eigenvalue weighted by molar-refractivity contribution is 9.10. The van der Waals surface area contributed by atoms with Crippen molar-refractivity contribution in [1.29, 1.82) is 0 Å². The first kappa shape index (κ1) is 11.5. The predicted molar refractivity (Wildman–Crippen MR) is 59.9 cm³/mol. The fourth-order valence-corrected chi connectivity index (χ4v) is 2.13. The Kier molecular flexibility index (Phi) is 3.96. The van der Waals surface area contributed by atoms with E-state index in [-0.39, 0.29) is 0 Å². The fraction of sp³-hybridized carbons (Fsp3) is 0.300. The van der Waals surface area contributed by atoms with Crippen LogP contribution >= 0.6 is 27.5 Å². The van der Waals surface area contributed by atoms with Gasteiger partial charge in [-0.05, 0) is 24.1 Å². The van der Waals surface area contributed by atoms with Gasteiger partial charge < -0.3 is 4.74 Å². The zero-order chi connectivity index (χ0) is 10.7. The van der Waals surface area contributed by atoms with Crippen molar-refractivity contribution in [2.45, 2.75) is 13.3 Å². The highest BCUT2D eigenvalue weighted by Crippen LogP contribution is 2.26. The Morgan fingerprint density at radius 1 is 1.57 bits per heavy atom. The van der Waals surface area contributed by atoms with Crippen LogP contribution in [0.4, 0.5) is 0 Å². The summed E-state index contributed by atoms with van der Waals surface area (Å²) in [5, 5.41) is 0.404. The molecule has 1 aromatic rings. The van der Waals surface area contributed by atoms with Crippen LogP contribution in [0.15, 0.2) is 16.6 Å². The summed E-state index contributed by atoms with van der Waals surface area (Å²) < 4.78 is 5.53. The van der Waals surface area contributed by atoms with Crippen molar-refractivity contribution < 1.29 is 9.53 Å². The van der Waals surface area contributed by atoms with E-state index in [0.717, 1.165) is 16.5 Å². The molecule has 0 bridgehead atoms. The average Bonchev–Trinajstić information content (AvgIpc) is 2.17. The third-order valence-electron chi connectivity index (χ3n) is 1.92. The van der Waals surface area contributed by atoms with Crippen molar-refractivity contribution in [2.75, 3.05) is 7.11 Å². The number of hydrogen-bond acceptors (Lipinski definition) is 2. The van der Waals surface area contributed by atoms with Gasteiger partial charge in [0.25, 0.3) is 0 Å². The molecule has 2 nitrogen and oxygen atoms in total. The zero-order valence-corrected chi connectivity index (χ0v) is 10.3. The zero-order valence-electron chi connectivity index (χ0n) is 7.93. The van der Waals surface area contributed by atoms with Gasteiger partial charge >= 0.3 is 5.97 Å². The summed E-state index contributed by atoms with van der Waals surface area (Å²) in [6.07, 6.45) is 0.835. The molecule has 0 aliphatic rings. The van der Waals surface area contributed by atoms with E-state index in [1.807, 2.05) is 6.92 Å². The van der Waals surface area contributed by atoms with Crippen molar-refractivity contribution in [1.82, 2.24) is 0 Å². The SMILES string of the molecule is CCc1cc(C(=O)OC)c(Cl)cc1Br. The monoisotopic (exact) mass is 276 g/mol. The molecule has 0 unspecified atom stereocenters. The number of ether oxygens (including phenoxy) is 1. The predicted octanol–water partition coefficient (Wildman–Crippen LogP) is 3.45. The van der Waals surface area contributed by atoms with Crippen LogP contribution in [0.25, 0.3) is 0 Å². The lowest BCUT2D eigenvalue weighted by Gasteiger charge is -2.06. The van der Waals surface area contributed by atoms with Crippen LogP contribution in [-0.4, -0.2) is 13.1 Å². The molecule has 0 saturated carbocycles. The number of rotatable bonds is 2. The molecule has 1 aromatic carbocycles. The lowest BCUT2D eigenvalue weighted by molar-refractivity contribution is 0.0601. The number of aryl methyl sites for hydroxylation is 1. The minimum atomic E-state index is -0.405. The maximum absolute atomic E-state index is 11.3. The minimum absolute atomic E-state index is 0.404. The molecular formula is C10H10BrClO2. The van der Waals surface area contributed by atoms with Gasteiger partial charge in [0, 0.05) is 4.47 Å². The smallest absolute Gasteiger partial charge is 0.339 e. The molecular weight excluding hydrogens is 267 g/mol. The van der Waals surface area contributed by atoms with Gasteiger partial charge in [0.05, 0.1) is 17.7 Å². The summed E-state index contributed by atoms with van der Waals surface area (Å²) in [6.45, 7) is 2.01. The minimum Gasteiger partial charge on any atom is -0.465 e. The summed E-state index contributed by atoms with van der Waals surface area (Å²) in [6, 6.07) is 3.46. The molecule has 0 saturated heterocycles. The van der Waals surface area contributed by atoms with E-state index in [1.54, 1.807) is 12.1 Å². The Labute approximate surface area is 96.3 Å². The summed E-state index contributed by atoms with van der Waals surface area (Å²) in [5.41, 5.74) is 1.45. The van der Waals surface area contributed by atoms with Gasteiger partial charge in [0.15, 0.2) is 0 Å². The Morgan fingerprint density at radius 3 is 2.71 bits per heavy atom. The molecule has 0 aliphatic carbocycles. The molecule has 0 spiro atoms. The number of halogens is 2. The summed E-state index contributed by atoms with van der Waals surface area (Å²) in [7, 11) is 1.34. The molecule has 1 rings (SSSR count). The van der Waals surface area contributed by atoms with E-state index in [1.165, 1.54) is 7.11 Å². The number of methoxy groups -OCH3 is 1. The molecule has 4 heteroatoms. The van der Waals surface area contributed by atoms with Crippen LogP contribution in [0, 0.1) is 0 Å². The number of carbonyl (C=O) groups is 1. The Balaban J connectivity index is 3.24. The van der Waals surface area contributed by atoms with Crippen LogP contribution in [-0.2, 0) is 11.2 Å². The number of esters is 1. The first-order valence-corrected chi connectivity index (χ1v) is 5.33. The van der Waals surface area contributed by atoms with Crippen molar-refractivity contribution in [3.63, 3.8) is 0 Å². The molecule has 0 aromatic heterocycles. The van der Waals surface area contributed by atoms with E-state index in [2.05, 4.69) is 20.7 Å². The Morgan fingerprint density at radius 2 is 2.21 bits per heavy atom. The third-order valence-corrected chi connectivity index (χ3v) is 2.97. The summed E-state index contributed by atoms with van der Waals surface area (Å²) in [4.78, 5) is 11.3. The Hall–Kier alpha value is -0.540. The maximum atomic E-state index is 11.3. The van der Waals surface area contributed by atoms with Crippen LogP contribution in [0.5, 0.6) is 0 Å². The van der Waals surface area contributed by atoms with E-state index in [9.17, 15) is 4.79 Å². The second-order valence-electron chi connectivity index (χ2n) is 2.77. The molecule has 0 atom stereocenters. The number of hydrogen-bond donors (Lipinski definition) is 0. The average molecular weight is 278 g/mol. The summed E-state index contributed by atoms with van der Waals surface area (Å²) >= 11 is 9.28. The largest absolute Gasteiger partial charge is 0.465 e. The first-order chi connectivity index (χ1) is 6.60. The van der Waals surface area contributed by atoms with Gasteiger partial charge in [0.2, 0.25) is 0 Å². The van der Waals surface area contributed by atoms with Crippen molar-refractivity contribution in [3.05, 3.63) is 32.8 Å². The highest BCUT2D eigenvalue weighted by Gasteiger charge is 2.13. The highest BCUT2D eigenvalue weighted by atomic mass is 79.9. The normalized spacial score (nSPS) is 10.0. The van der Waals surface area contributed by atoms with Crippen molar-refractivity contribution in [2.24, 2.45) is 0 Å². The molecule has 0 aliphatic heterocycles. The lowest BCUT2D eigenvalue weighted by Crippen LogP contribution is -2.03. The second-order valence-corrected chi connectivity index (χ2v) is 4.03. The van der Waals surface area contributed by atoms with E-state index >= 15 is 0 Å². The molecule has 0 radical (unpaired) electrons. The van der Waals surface area contributed by atoms with Gasteiger partial charge in [-0.25, -0.2) is 4.79 Å². The first-order valence-electron chi connectivity index (χ1n) is 4.16. The standard InChI is InChI=1S/C10H10BrClO2/c1-3-6-4-7(10(13)14-2)9(12)5-8(6)11/h4-5H,3H2,1-2H3. The molecule has 0 heterocycles. The topological polar surface area (TPSA) is 26.3 Å². The van der Waals surface area contributed by atoms with Crippen LogP contribution in [0.3, 0.4) is 0 Å². The van der Waals surface area contributed by atoms with E-state index < -0.39 is 5.97 Å². The molecule has 0 N–H and O–H groups in total. The molecule has 0 amide bonds. The van der Waals surface area contributed by atoms with Crippen molar-refractivity contribution in [3.8, 4) is 0 Å². The van der Waals surface area contributed by atoms with Crippen molar-refractivity contribution >= 4 is 33.5 Å². The van der Waals surface area contributed by atoms with Gasteiger partial charge in [-0.15, -0.1) is 0 Å². The van der Waals surface area contributed by atoms with Gasteiger partial charge in [-0.3, -0.25) is 0 Å². The quantitative estimate of drug-likeness (QED) is 0.774. The van der Waals surface area contributed by atoms with Crippen LogP contribution in [0.2, 0.25) is 5.02 Å². The number of benzene rings is 1. The third kappa shape index (κ3) is 2.28. The van der Waals surface area contributed by atoms with Crippen LogP contribution in [0.1, 0.15) is 22.8 Å². The van der Waals surface area contributed by atoms with Gasteiger partial charge in [0.1, 0.15) is 0 Å². The molecule has 14 heavy (non-hydrogen) atoms. The molecule has 0 fully saturated rings. The molecule has 76 valence electrons. The maximum Gasteiger partial charge on any atom is 0.339 e. The summed E-state index contributed by atoms with van der Waals surface area (Å²) in [5.74, 6) is -0.405. The van der Waals surface area contributed by atoms with E-state index in [0.29, 0.717) is 10.6 Å². The van der Waals surface area contributed by atoms with Crippen LogP contribution < -0.4 is 0 Å². The Bertz CT molecular complexity index is 363. The van der Waals surface area contributed by atoms with Gasteiger partial charge in [-0.1, -0.05) is 34.5 Å². The van der Waals surface area contributed by atoms with E-state index in [4.69, 9.17) is 11.6 Å². The lowest BCUT2D eigenvalue weighted by atomic mass is 10.1. The fourth-order valence-electron chi connectivity index (χ4n) is 1.13. The van der Waals surface area contributed by atoms with Gasteiger partial charge in [-0.2, -0.15) is 0 Å².